The number of guanidine groups is 1. The molecule has 0 radical (unpaired) electrons. The molecule has 2 aromatic rings. The molecule has 1 heterocycles. The van der Waals surface area contributed by atoms with Gasteiger partial charge in [-0.2, -0.15) is 18.3 Å². The van der Waals surface area contributed by atoms with E-state index in [1.807, 2.05) is 20.0 Å². The minimum absolute atomic E-state index is 0. The molecule has 2 N–H and O–H groups in total. The first-order chi connectivity index (χ1) is 11.4. The summed E-state index contributed by atoms with van der Waals surface area (Å²) in [5.74, 6) is 0.596. The maximum atomic E-state index is 12.5. The lowest BCUT2D eigenvalue weighted by molar-refractivity contribution is -0.137. The molecule has 0 saturated heterocycles. The Bertz CT molecular complexity index is 680. The Morgan fingerprint density at radius 1 is 1.16 bits per heavy atom. The average molecular weight is 467 g/mol. The Morgan fingerprint density at radius 3 is 2.36 bits per heavy atom. The molecule has 5 nitrogen and oxygen atoms in total. The molecule has 1 aromatic carbocycles. The van der Waals surface area contributed by atoms with Crippen LogP contribution in [0, 0.1) is 0 Å². The predicted molar refractivity (Wildman–Crippen MR) is 102 cm³/mol. The van der Waals surface area contributed by atoms with Crippen molar-refractivity contribution in [2.24, 2.45) is 12.0 Å². The third-order valence-electron chi connectivity index (χ3n) is 3.40. The van der Waals surface area contributed by atoms with Gasteiger partial charge in [-0.25, -0.2) is 4.99 Å². The first-order valence-electron chi connectivity index (χ1n) is 7.55. The van der Waals surface area contributed by atoms with Gasteiger partial charge in [0.2, 0.25) is 0 Å². The monoisotopic (exact) mass is 467 g/mol. The standard InChI is InChI=1S/C16H20F3N5.HI/c1-3-20-15(22-11-14-8-9-23-24(14)2)21-10-12-4-6-13(7-5-12)16(17,18)19;/h4-9H,3,10-11H2,1-2H3,(H2,20,21,22);1H. The lowest BCUT2D eigenvalue weighted by Gasteiger charge is -2.11. The van der Waals surface area contributed by atoms with Crippen molar-refractivity contribution in [1.82, 2.24) is 20.4 Å². The highest BCUT2D eigenvalue weighted by molar-refractivity contribution is 14.0. The molecule has 0 aliphatic carbocycles. The summed E-state index contributed by atoms with van der Waals surface area (Å²) in [5.41, 5.74) is 1.05. The molecule has 0 fully saturated rings. The lowest BCUT2D eigenvalue weighted by Crippen LogP contribution is -2.37. The second-order valence-electron chi connectivity index (χ2n) is 5.19. The number of nitrogens with zero attached hydrogens (tertiary/aromatic N) is 3. The summed E-state index contributed by atoms with van der Waals surface area (Å²) in [6.07, 6.45) is -2.61. The Balaban J connectivity index is 0.00000312. The van der Waals surface area contributed by atoms with E-state index in [0.29, 0.717) is 31.2 Å². The summed E-state index contributed by atoms with van der Waals surface area (Å²) >= 11 is 0. The van der Waals surface area contributed by atoms with Crippen molar-refractivity contribution >= 4 is 29.9 Å². The van der Waals surface area contributed by atoms with Crippen LogP contribution in [0.2, 0.25) is 0 Å². The molecule has 138 valence electrons. The number of hydrogen-bond acceptors (Lipinski definition) is 2. The van der Waals surface area contributed by atoms with Crippen LogP contribution in [0.25, 0.3) is 0 Å². The number of hydrogen-bond donors (Lipinski definition) is 2. The van der Waals surface area contributed by atoms with E-state index in [9.17, 15) is 13.2 Å². The normalized spacial score (nSPS) is 11.8. The van der Waals surface area contributed by atoms with Gasteiger partial charge in [-0.15, -0.1) is 24.0 Å². The van der Waals surface area contributed by atoms with Crippen LogP contribution in [0.15, 0.2) is 41.5 Å². The number of aryl methyl sites for hydroxylation is 1. The third kappa shape index (κ3) is 6.56. The zero-order chi connectivity index (χ0) is 17.6. The minimum Gasteiger partial charge on any atom is -0.357 e. The van der Waals surface area contributed by atoms with E-state index in [4.69, 9.17) is 0 Å². The van der Waals surface area contributed by atoms with Crippen LogP contribution in [0.4, 0.5) is 13.2 Å². The molecule has 25 heavy (non-hydrogen) atoms. The molecule has 0 aliphatic rings. The quantitative estimate of drug-likeness (QED) is 0.403. The molecular formula is C16H21F3IN5. The largest absolute Gasteiger partial charge is 0.416 e. The number of aliphatic imine (C=N–C) groups is 1. The highest BCUT2D eigenvalue weighted by atomic mass is 127. The van der Waals surface area contributed by atoms with Gasteiger partial charge >= 0.3 is 6.18 Å². The van der Waals surface area contributed by atoms with Gasteiger partial charge in [0.05, 0.1) is 24.3 Å². The topological polar surface area (TPSA) is 54.2 Å². The summed E-state index contributed by atoms with van der Waals surface area (Å²) < 4.78 is 39.4. The summed E-state index contributed by atoms with van der Waals surface area (Å²) in [6, 6.07) is 6.92. The number of benzene rings is 1. The highest BCUT2D eigenvalue weighted by Gasteiger charge is 2.29. The van der Waals surface area contributed by atoms with Gasteiger partial charge < -0.3 is 10.6 Å². The van der Waals surface area contributed by atoms with Crippen molar-refractivity contribution in [2.75, 3.05) is 6.54 Å². The van der Waals surface area contributed by atoms with Crippen LogP contribution in [-0.2, 0) is 26.3 Å². The van der Waals surface area contributed by atoms with Crippen LogP contribution < -0.4 is 10.6 Å². The lowest BCUT2D eigenvalue weighted by atomic mass is 10.1. The molecule has 0 aliphatic heterocycles. The fraction of sp³-hybridized carbons (Fsp3) is 0.375. The first-order valence-corrected chi connectivity index (χ1v) is 7.55. The fourth-order valence-electron chi connectivity index (χ4n) is 2.06. The van der Waals surface area contributed by atoms with Crippen LogP contribution in [0.3, 0.4) is 0 Å². The van der Waals surface area contributed by atoms with Gasteiger partial charge in [0.25, 0.3) is 0 Å². The SMILES string of the molecule is CCNC(=NCc1ccc(C(F)(F)F)cc1)NCc1ccnn1C.I. The van der Waals surface area contributed by atoms with E-state index >= 15 is 0 Å². The maximum Gasteiger partial charge on any atom is 0.416 e. The van der Waals surface area contributed by atoms with Gasteiger partial charge in [-0.3, -0.25) is 4.68 Å². The van der Waals surface area contributed by atoms with Crippen LogP contribution >= 0.6 is 24.0 Å². The van der Waals surface area contributed by atoms with Crippen molar-refractivity contribution in [3.05, 3.63) is 53.3 Å². The molecule has 0 bridgehead atoms. The molecule has 1 aromatic heterocycles. The van der Waals surface area contributed by atoms with Gasteiger partial charge in [-0.1, -0.05) is 12.1 Å². The molecule has 9 heteroatoms. The van der Waals surface area contributed by atoms with E-state index in [2.05, 4.69) is 20.7 Å². The second-order valence-corrected chi connectivity index (χ2v) is 5.19. The van der Waals surface area contributed by atoms with Crippen LogP contribution in [0.5, 0.6) is 0 Å². The maximum absolute atomic E-state index is 12.5. The molecule has 0 spiro atoms. The zero-order valence-electron chi connectivity index (χ0n) is 14.0. The second kappa shape index (κ2) is 9.64. The van der Waals surface area contributed by atoms with Crippen molar-refractivity contribution in [2.45, 2.75) is 26.2 Å². The molecule has 0 amide bonds. The van der Waals surface area contributed by atoms with E-state index in [1.165, 1.54) is 12.1 Å². The Kier molecular flexibility index (Phi) is 8.20. The van der Waals surface area contributed by atoms with Gasteiger partial charge in [-0.05, 0) is 30.7 Å². The number of aromatic nitrogens is 2. The van der Waals surface area contributed by atoms with E-state index in [-0.39, 0.29) is 24.0 Å². The summed E-state index contributed by atoms with van der Waals surface area (Å²) in [7, 11) is 1.85. The molecule has 0 saturated carbocycles. The van der Waals surface area contributed by atoms with Crippen molar-refractivity contribution < 1.29 is 13.2 Å². The zero-order valence-corrected chi connectivity index (χ0v) is 16.3. The van der Waals surface area contributed by atoms with Gasteiger partial charge in [0, 0.05) is 19.8 Å². The van der Waals surface area contributed by atoms with E-state index in [1.54, 1.807) is 10.9 Å². The Morgan fingerprint density at radius 2 is 1.84 bits per heavy atom. The predicted octanol–water partition coefficient (Wildman–Crippen LogP) is 3.31. The molecule has 0 atom stereocenters. The van der Waals surface area contributed by atoms with Gasteiger partial charge in [0.15, 0.2) is 5.96 Å². The smallest absolute Gasteiger partial charge is 0.357 e. The van der Waals surface area contributed by atoms with Crippen LogP contribution in [-0.4, -0.2) is 22.3 Å². The Hall–Kier alpha value is -1.78. The minimum atomic E-state index is -4.32. The number of rotatable bonds is 5. The first kappa shape index (κ1) is 21.3. The number of halogens is 4. The third-order valence-corrected chi connectivity index (χ3v) is 3.40. The summed E-state index contributed by atoms with van der Waals surface area (Å²) in [6.45, 7) is 3.47. The molecule has 0 unspecified atom stereocenters. The highest BCUT2D eigenvalue weighted by Crippen LogP contribution is 2.29. The molecule has 2 rings (SSSR count). The Labute approximate surface area is 161 Å². The van der Waals surface area contributed by atoms with Crippen molar-refractivity contribution in [1.29, 1.82) is 0 Å². The number of nitrogens with one attached hydrogen (secondary N) is 2. The summed E-state index contributed by atoms with van der Waals surface area (Å²) in [4.78, 5) is 4.39. The summed E-state index contributed by atoms with van der Waals surface area (Å²) in [5, 5.41) is 10.4. The number of alkyl halides is 3. The van der Waals surface area contributed by atoms with Crippen LogP contribution in [0.1, 0.15) is 23.7 Å². The van der Waals surface area contributed by atoms with Crippen molar-refractivity contribution in [3.63, 3.8) is 0 Å². The fourth-order valence-corrected chi connectivity index (χ4v) is 2.06. The van der Waals surface area contributed by atoms with Gasteiger partial charge in [0.1, 0.15) is 0 Å². The average Bonchev–Trinajstić information content (AvgIpc) is 2.95. The van der Waals surface area contributed by atoms with E-state index < -0.39 is 11.7 Å². The van der Waals surface area contributed by atoms with Crippen molar-refractivity contribution in [3.8, 4) is 0 Å². The van der Waals surface area contributed by atoms with E-state index in [0.717, 1.165) is 17.8 Å². The molecular weight excluding hydrogens is 446 g/mol.